The third-order valence-electron chi connectivity index (χ3n) is 3.70. The average molecular weight is 297 g/mol. The average Bonchev–Trinajstić information content (AvgIpc) is 2.75. The molecule has 1 aliphatic heterocycles. The first kappa shape index (κ1) is 14.8. The lowest BCUT2D eigenvalue weighted by Crippen LogP contribution is -2.44. The number of aromatic nitrogens is 1. The van der Waals surface area contributed by atoms with Gasteiger partial charge in [0.2, 0.25) is 11.8 Å². The van der Waals surface area contributed by atoms with E-state index in [4.69, 9.17) is 5.73 Å². The number of carbonyl (C=O) groups excluding carboxylic acids is 2. The Morgan fingerprint density at radius 2 is 2.25 bits per heavy atom. The van der Waals surface area contributed by atoms with Crippen molar-refractivity contribution in [3.63, 3.8) is 0 Å². The molecule has 1 aromatic rings. The molecule has 1 saturated heterocycles. The van der Waals surface area contributed by atoms with Gasteiger partial charge in [0.05, 0.1) is 5.92 Å². The number of likely N-dealkylation sites (tertiary alicyclic amines) is 1. The lowest BCUT2D eigenvalue weighted by atomic mass is 9.97. The normalized spacial score (nSPS) is 19.1. The summed E-state index contributed by atoms with van der Waals surface area (Å²) in [5.41, 5.74) is 6.18. The van der Waals surface area contributed by atoms with E-state index in [1.807, 2.05) is 6.92 Å². The van der Waals surface area contributed by atoms with Gasteiger partial charge in [0, 0.05) is 37.1 Å². The Labute approximate surface area is 121 Å². The topological polar surface area (TPSA) is 85.4 Å². The first-order chi connectivity index (χ1) is 9.49. The second-order valence-corrected chi connectivity index (χ2v) is 5.95. The van der Waals surface area contributed by atoms with Crippen molar-refractivity contribution in [2.45, 2.75) is 32.7 Å². The van der Waals surface area contributed by atoms with Crippen LogP contribution in [0.2, 0.25) is 0 Å². The van der Waals surface area contributed by atoms with Gasteiger partial charge in [0.25, 0.3) is 0 Å². The van der Waals surface area contributed by atoms with Gasteiger partial charge in [-0.2, -0.15) is 0 Å². The Hall–Kier alpha value is -1.63. The molecule has 2 heterocycles. The van der Waals surface area contributed by atoms with E-state index in [1.54, 1.807) is 14.8 Å². The highest BCUT2D eigenvalue weighted by Crippen LogP contribution is 2.17. The number of hydrogen-bond acceptors (Lipinski definition) is 4. The van der Waals surface area contributed by atoms with Gasteiger partial charge in [-0.25, -0.2) is 0 Å². The first-order valence-electron chi connectivity index (χ1n) is 6.71. The molecule has 0 aromatic carbocycles. The maximum Gasteiger partial charge on any atom is 0.307 e. The minimum absolute atomic E-state index is 0.0200. The van der Waals surface area contributed by atoms with Crippen molar-refractivity contribution in [1.29, 1.82) is 0 Å². The Balaban J connectivity index is 1.92. The van der Waals surface area contributed by atoms with Crippen LogP contribution in [0.4, 0.5) is 0 Å². The van der Waals surface area contributed by atoms with Crippen molar-refractivity contribution >= 4 is 23.2 Å². The van der Waals surface area contributed by atoms with Gasteiger partial charge in [-0.15, -0.1) is 0 Å². The largest absolute Gasteiger partial charge is 0.369 e. The van der Waals surface area contributed by atoms with Gasteiger partial charge in [-0.1, -0.05) is 11.3 Å². The summed E-state index contributed by atoms with van der Waals surface area (Å²) in [6.45, 7) is 3.32. The van der Waals surface area contributed by atoms with Crippen LogP contribution in [0, 0.1) is 12.8 Å². The van der Waals surface area contributed by atoms with E-state index in [0.717, 1.165) is 29.9 Å². The van der Waals surface area contributed by atoms with E-state index in [1.165, 1.54) is 0 Å². The Kier molecular flexibility index (Phi) is 4.59. The maximum absolute atomic E-state index is 12.1. The van der Waals surface area contributed by atoms with E-state index >= 15 is 0 Å². The number of nitrogens with two attached hydrogens (primary N) is 1. The molecule has 0 aliphatic carbocycles. The zero-order valence-corrected chi connectivity index (χ0v) is 12.3. The maximum atomic E-state index is 12.1. The van der Waals surface area contributed by atoms with Gasteiger partial charge >= 0.3 is 4.87 Å². The van der Waals surface area contributed by atoms with E-state index in [-0.39, 0.29) is 29.0 Å². The Morgan fingerprint density at radius 1 is 1.50 bits per heavy atom. The minimum Gasteiger partial charge on any atom is -0.369 e. The second-order valence-electron chi connectivity index (χ2n) is 5.13. The van der Waals surface area contributed by atoms with Gasteiger partial charge < -0.3 is 15.2 Å². The summed E-state index contributed by atoms with van der Waals surface area (Å²) in [6.07, 6.45) is 1.84. The molecule has 0 radical (unpaired) electrons. The van der Waals surface area contributed by atoms with Crippen molar-refractivity contribution in [2.24, 2.45) is 11.7 Å². The molecule has 7 heteroatoms. The number of amides is 2. The molecule has 0 spiro atoms. The molecule has 2 amide bonds. The van der Waals surface area contributed by atoms with E-state index in [2.05, 4.69) is 0 Å². The molecule has 1 fully saturated rings. The molecule has 1 aliphatic rings. The van der Waals surface area contributed by atoms with Crippen LogP contribution in [0.25, 0.3) is 0 Å². The van der Waals surface area contributed by atoms with Crippen LogP contribution < -0.4 is 10.6 Å². The van der Waals surface area contributed by atoms with Gasteiger partial charge in [0.15, 0.2) is 0 Å². The smallest absolute Gasteiger partial charge is 0.307 e. The van der Waals surface area contributed by atoms with Gasteiger partial charge in [0.1, 0.15) is 0 Å². The molecule has 1 aromatic heterocycles. The molecule has 20 heavy (non-hydrogen) atoms. The molecule has 110 valence electrons. The van der Waals surface area contributed by atoms with Gasteiger partial charge in [-0.3, -0.25) is 14.4 Å². The van der Waals surface area contributed by atoms with Crippen LogP contribution in [0.5, 0.6) is 0 Å². The SMILES string of the molecule is Cc1csc(=O)n1CCC(=O)N1CCCC(C(N)=O)C1. The zero-order chi connectivity index (χ0) is 14.7. The number of piperidine rings is 1. The molecular weight excluding hydrogens is 278 g/mol. The number of carbonyl (C=O) groups is 2. The number of hydrogen-bond donors (Lipinski definition) is 1. The summed E-state index contributed by atoms with van der Waals surface area (Å²) in [4.78, 5) is 36.6. The minimum atomic E-state index is -0.340. The number of rotatable bonds is 4. The predicted octanol–water partition coefficient (Wildman–Crippen LogP) is 0.332. The molecule has 1 atom stereocenters. The van der Waals surface area contributed by atoms with Crippen LogP contribution in [0.3, 0.4) is 0 Å². The van der Waals surface area contributed by atoms with E-state index < -0.39 is 0 Å². The third kappa shape index (κ3) is 3.27. The van der Waals surface area contributed by atoms with Crippen molar-refractivity contribution in [2.75, 3.05) is 13.1 Å². The zero-order valence-electron chi connectivity index (χ0n) is 11.5. The van der Waals surface area contributed by atoms with Gasteiger partial charge in [-0.05, 0) is 19.8 Å². The number of primary amides is 1. The fourth-order valence-corrected chi connectivity index (χ4v) is 3.24. The van der Waals surface area contributed by atoms with Crippen molar-refractivity contribution < 1.29 is 9.59 Å². The summed E-state index contributed by atoms with van der Waals surface area (Å²) < 4.78 is 1.61. The van der Waals surface area contributed by atoms with E-state index in [9.17, 15) is 14.4 Å². The molecule has 0 bridgehead atoms. The molecule has 6 nitrogen and oxygen atoms in total. The number of aryl methyl sites for hydroxylation is 1. The highest BCUT2D eigenvalue weighted by Gasteiger charge is 2.26. The molecular formula is C13H19N3O3S. The van der Waals surface area contributed by atoms with Crippen molar-refractivity contribution in [3.8, 4) is 0 Å². The Morgan fingerprint density at radius 3 is 2.85 bits per heavy atom. The summed E-state index contributed by atoms with van der Waals surface area (Å²) >= 11 is 1.14. The second kappa shape index (κ2) is 6.21. The fourth-order valence-electron chi connectivity index (χ4n) is 2.48. The molecule has 0 saturated carbocycles. The first-order valence-corrected chi connectivity index (χ1v) is 7.59. The summed E-state index contributed by atoms with van der Waals surface area (Å²) in [5.74, 6) is -0.598. The molecule has 2 rings (SSSR count). The third-order valence-corrected chi connectivity index (χ3v) is 4.58. The highest BCUT2D eigenvalue weighted by molar-refractivity contribution is 7.07. The summed E-state index contributed by atoms with van der Waals surface area (Å²) in [6, 6.07) is 0. The van der Waals surface area contributed by atoms with E-state index in [0.29, 0.717) is 19.6 Å². The van der Waals surface area contributed by atoms with Crippen LogP contribution >= 0.6 is 11.3 Å². The molecule has 1 unspecified atom stereocenters. The van der Waals surface area contributed by atoms with Crippen LogP contribution in [0.1, 0.15) is 25.0 Å². The van der Waals surface area contributed by atoms with Crippen LogP contribution in [0.15, 0.2) is 10.2 Å². The monoisotopic (exact) mass is 297 g/mol. The molecule has 2 N–H and O–H groups in total. The van der Waals surface area contributed by atoms with Crippen molar-refractivity contribution in [1.82, 2.24) is 9.47 Å². The quantitative estimate of drug-likeness (QED) is 0.869. The van der Waals surface area contributed by atoms with Crippen LogP contribution in [-0.4, -0.2) is 34.4 Å². The lowest BCUT2D eigenvalue weighted by Gasteiger charge is -2.31. The standard InChI is InChI=1S/C13H19N3O3S/c1-9-8-20-13(19)16(9)6-4-11(17)15-5-2-3-10(7-15)12(14)18/h8,10H,2-7H2,1H3,(H2,14,18). The summed E-state index contributed by atoms with van der Waals surface area (Å²) in [7, 11) is 0. The highest BCUT2D eigenvalue weighted by atomic mass is 32.1. The summed E-state index contributed by atoms with van der Waals surface area (Å²) in [5, 5.41) is 1.79. The Bertz CT molecular complexity index is 563. The fraction of sp³-hybridized carbons (Fsp3) is 0.615. The number of nitrogens with zero attached hydrogens (tertiary/aromatic N) is 2. The van der Waals surface area contributed by atoms with Crippen LogP contribution in [-0.2, 0) is 16.1 Å². The lowest BCUT2D eigenvalue weighted by molar-refractivity contribution is -0.135. The predicted molar refractivity (Wildman–Crippen MR) is 76.4 cm³/mol. The van der Waals surface area contributed by atoms with Crippen molar-refractivity contribution in [3.05, 3.63) is 20.7 Å². The number of thiazole rings is 1.